The molecule has 0 radical (unpaired) electrons. The Morgan fingerprint density at radius 1 is 1.52 bits per heavy atom. The molecule has 2 aliphatic heterocycles. The van der Waals surface area contributed by atoms with Gasteiger partial charge in [0.25, 0.3) is 0 Å². The molecular formula is C18H24ClFN2O. The molecule has 0 aliphatic carbocycles. The second-order valence-corrected chi connectivity index (χ2v) is 7.54. The number of rotatable bonds is 4. The van der Waals surface area contributed by atoms with Crippen molar-refractivity contribution >= 4 is 17.5 Å². The number of hydrogen-bond donors (Lipinski definition) is 1. The molecule has 2 atom stereocenters. The van der Waals surface area contributed by atoms with Gasteiger partial charge in [-0.3, -0.25) is 4.79 Å². The number of amides is 1. The van der Waals surface area contributed by atoms with Crippen molar-refractivity contribution in [1.29, 1.82) is 0 Å². The summed E-state index contributed by atoms with van der Waals surface area (Å²) in [5.41, 5.74) is 0.797. The molecule has 1 unspecified atom stereocenters. The van der Waals surface area contributed by atoms with E-state index in [1.54, 1.807) is 12.1 Å². The Labute approximate surface area is 142 Å². The van der Waals surface area contributed by atoms with Crippen LogP contribution in [0.2, 0.25) is 5.02 Å². The molecule has 0 saturated carbocycles. The molecule has 3 nitrogen and oxygen atoms in total. The fourth-order valence-electron chi connectivity index (χ4n) is 3.97. The SMILES string of the molecule is CC1(Cc2ccc(F)c(Cl)c2)CCCN1C(=O)C[C@@H]1CCNC1. The van der Waals surface area contributed by atoms with Gasteiger partial charge >= 0.3 is 0 Å². The molecule has 23 heavy (non-hydrogen) atoms. The summed E-state index contributed by atoms with van der Waals surface area (Å²) in [6.07, 6.45) is 4.45. The number of carbonyl (C=O) groups excluding carboxylic acids is 1. The largest absolute Gasteiger partial charge is 0.337 e. The van der Waals surface area contributed by atoms with Gasteiger partial charge in [-0.2, -0.15) is 0 Å². The van der Waals surface area contributed by atoms with Crippen LogP contribution < -0.4 is 5.32 Å². The Bertz CT molecular complexity index is 588. The topological polar surface area (TPSA) is 32.3 Å². The summed E-state index contributed by atoms with van der Waals surface area (Å²) in [6, 6.07) is 4.87. The predicted molar refractivity (Wildman–Crippen MR) is 90.1 cm³/mol. The van der Waals surface area contributed by atoms with Gasteiger partial charge in [0.1, 0.15) is 5.82 Å². The lowest BCUT2D eigenvalue weighted by molar-refractivity contribution is -0.135. The molecule has 1 aromatic carbocycles. The van der Waals surface area contributed by atoms with Crippen molar-refractivity contribution in [3.8, 4) is 0 Å². The molecule has 3 rings (SSSR count). The maximum atomic E-state index is 13.3. The minimum absolute atomic E-state index is 0.152. The van der Waals surface area contributed by atoms with Crippen molar-refractivity contribution in [1.82, 2.24) is 10.2 Å². The van der Waals surface area contributed by atoms with Crippen LogP contribution in [0.3, 0.4) is 0 Å². The second-order valence-electron chi connectivity index (χ2n) is 7.13. The summed E-state index contributed by atoms with van der Waals surface area (Å²) in [6.45, 7) is 4.93. The molecular weight excluding hydrogens is 315 g/mol. The summed E-state index contributed by atoms with van der Waals surface area (Å²) in [5.74, 6) is 0.327. The van der Waals surface area contributed by atoms with Crippen molar-refractivity contribution < 1.29 is 9.18 Å². The van der Waals surface area contributed by atoms with E-state index in [9.17, 15) is 9.18 Å². The molecule has 2 saturated heterocycles. The minimum Gasteiger partial charge on any atom is -0.337 e. The third-order valence-corrected chi connectivity index (χ3v) is 5.53. The van der Waals surface area contributed by atoms with Crippen LogP contribution >= 0.6 is 11.6 Å². The molecule has 1 N–H and O–H groups in total. The third kappa shape index (κ3) is 3.69. The molecule has 2 heterocycles. The average molecular weight is 339 g/mol. The molecule has 1 amide bonds. The summed E-state index contributed by atoms with van der Waals surface area (Å²) >= 11 is 5.89. The highest BCUT2D eigenvalue weighted by Gasteiger charge is 2.40. The number of nitrogens with one attached hydrogen (secondary N) is 1. The Morgan fingerprint density at radius 3 is 3.04 bits per heavy atom. The normalized spacial score (nSPS) is 27.6. The summed E-state index contributed by atoms with van der Waals surface area (Å²) < 4.78 is 13.3. The van der Waals surface area contributed by atoms with Crippen molar-refractivity contribution in [3.63, 3.8) is 0 Å². The van der Waals surface area contributed by atoms with Gasteiger partial charge in [0.2, 0.25) is 5.91 Å². The number of likely N-dealkylation sites (tertiary alicyclic amines) is 1. The lowest BCUT2D eigenvalue weighted by atomic mass is 9.89. The lowest BCUT2D eigenvalue weighted by Crippen LogP contribution is -2.47. The molecule has 0 spiro atoms. The second kappa shape index (κ2) is 6.78. The van der Waals surface area contributed by atoms with Gasteiger partial charge in [-0.25, -0.2) is 4.39 Å². The van der Waals surface area contributed by atoms with Crippen molar-refractivity contribution in [2.45, 2.75) is 44.6 Å². The molecule has 2 fully saturated rings. The number of carbonyl (C=O) groups is 1. The number of halogens is 2. The quantitative estimate of drug-likeness (QED) is 0.912. The van der Waals surface area contributed by atoms with Crippen LogP contribution in [0.4, 0.5) is 4.39 Å². The Kier molecular flexibility index (Phi) is 4.93. The van der Waals surface area contributed by atoms with Gasteiger partial charge in [0.05, 0.1) is 5.02 Å². The number of nitrogens with zero attached hydrogens (tertiary/aromatic N) is 1. The highest BCUT2D eigenvalue weighted by molar-refractivity contribution is 6.30. The van der Waals surface area contributed by atoms with Gasteiger partial charge in [-0.15, -0.1) is 0 Å². The highest BCUT2D eigenvalue weighted by atomic mass is 35.5. The van der Waals surface area contributed by atoms with E-state index < -0.39 is 5.82 Å². The molecule has 0 aromatic heterocycles. The van der Waals surface area contributed by atoms with E-state index in [1.807, 2.05) is 4.90 Å². The molecule has 0 bridgehead atoms. The van der Waals surface area contributed by atoms with E-state index in [0.29, 0.717) is 12.3 Å². The van der Waals surface area contributed by atoms with Crippen LogP contribution in [0.15, 0.2) is 18.2 Å². The minimum atomic E-state index is -0.395. The standard InChI is InChI=1S/C18H24ClFN2O/c1-18(11-13-3-4-16(20)15(19)9-13)6-2-8-22(18)17(23)10-14-5-7-21-12-14/h3-4,9,14,21H,2,5-8,10-12H2,1H3/t14-,18?/m0/s1. The maximum absolute atomic E-state index is 13.3. The van der Waals surface area contributed by atoms with Crippen LogP contribution in [-0.2, 0) is 11.2 Å². The number of hydrogen-bond acceptors (Lipinski definition) is 2. The first kappa shape index (κ1) is 16.7. The third-order valence-electron chi connectivity index (χ3n) is 5.24. The van der Waals surface area contributed by atoms with Crippen LogP contribution in [0, 0.1) is 11.7 Å². The van der Waals surface area contributed by atoms with Crippen LogP contribution in [-0.4, -0.2) is 36.0 Å². The Hall–Kier alpha value is -1.13. The van der Waals surface area contributed by atoms with Crippen LogP contribution in [0.5, 0.6) is 0 Å². The van der Waals surface area contributed by atoms with Crippen molar-refractivity contribution in [3.05, 3.63) is 34.6 Å². The van der Waals surface area contributed by atoms with Gasteiger partial charge in [0.15, 0.2) is 0 Å². The molecule has 1 aromatic rings. The Balaban J connectivity index is 1.70. The first-order valence-electron chi connectivity index (χ1n) is 8.43. The fourth-order valence-corrected chi connectivity index (χ4v) is 4.17. The summed E-state index contributed by atoms with van der Waals surface area (Å²) in [5, 5.41) is 3.47. The molecule has 126 valence electrons. The lowest BCUT2D eigenvalue weighted by Gasteiger charge is -2.36. The zero-order valence-electron chi connectivity index (χ0n) is 13.6. The first-order chi connectivity index (χ1) is 11.0. The highest BCUT2D eigenvalue weighted by Crippen LogP contribution is 2.34. The Morgan fingerprint density at radius 2 is 2.35 bits per heavy atom. The van der Waals surface area contributed by atoms with Gasteiger partial charge < -0.3 is 10.2 Å². The van der Waals surface area contributed by atoms with Crippen LogP contribution in [0.1, 0.15) is 38.2 Å². The zero-order chi connectivity index (χ0) is 16.4. The van der Waals surface area contributed by atoms with Crippen molar-refractivity contribution in [2.75, 3.05) is 19.6 Å². The molecule has 5 heteroatoms. The monoisotopic (exact) mass is 338 g/mol. The fraction of sp³-hybridized carbons (Fsp3) is 0.611. The van der Waals surface area contributed by atoms with Crippen LogP contribution in [0.25, 0.3) is 0 Å². The van der Waals surface area contributed by atoms with Gasteiger partial charge in [-0.05, 0) is 69.3 Å². The molecule has 2 aliphatic rings. The van der Waals surface area contributed by atoms with E-state index in [-0.39, 0.29) is 16.5 Å². The van der Waals surface area contributed by atoms with E-state index in [2.05, 4.69) is 12.2 Å². The first-order valence-corrected chi connectivity index (χ1v) is 8.81. The summed E-state index contributed by atoms with van der Waals surface area (Å²) in [4.78, 5) is 14.8. The predicted octanol–water partition coefficient (Wildman–Crippen LogP) is 3.40. The van der Waals surface area contributed by atoms with E-state index in [0.717, 1.165) is 50.9 Å². The average Bonchev–Trinajstić information content (AvgIpc) is 3.12. The number of benzene rings is 1. The maximum Gasteiger partial charge on any atom is 0.223 e. The summed E-state index contributed by atoms with van der Waals surface area (Å²) in [7, 11) is 0. The smallest absolute Gasteiger partial charge is 0.223 e. The van der Waals surface area contributed by atoms with E-state index in [4.69, 9.17) is 11.6 Å². The zero-order valence-corrected chi connectivity index (χ0v) is 14.3. The van der Waals surface area contributed by atoms with Crippen molar-refractivity contribution in [2.24, 2.45) is 5.92 Å². The van der Waals surface area contributed by atoms with Gasteiger partial charge in [-0.1, -0.05) is 17.7 Å². The van der Waals surface area contributed by atoms with E-state index >= 15 is 0 Å². The van der Waals surface area contributed by atoms with Gasteiger partial charge in [0, 0.05) is 18.5 Å². The van der Waals surface area contributed by atoms with E-state index in [1.165, 1.54) is 6.07 Å².